The van der Waals surface area contributed by atoms with E-state index < -0.39 is 4.92 Å². The summed E-state index contributed by atoms with van der Waals surface area (Å²) in [5.41, 5.74) is 4.52. The van der Waals surface area contributed by atoms with Crippen LogP contribution in [0.5, 0.6) is 0 Å². The Morgan fingerprint density at radius 1 is 0.862 bits per heavy atom. The summed E-state index contributed by atoms with van der Waals surface area (Å²) >= 11 is 0. The molecule has 0 unspecified atom stereocenters. The zero-order chi connectivity index (χ0) is 20.0. The van der Waals surface area contributed by atoms with E-state index >= 15 is 0 Å². The zero-order valence-corrected chi connectivity index (χ0v) is 16.0. The third kappa shape index (κ3) is 3.01. The van der Waals surface area contributed by atoms with Crippen LogP contribution in [0.1, 0.15) is 21.5 Å². The van der Waals surface area contributed by atoms with Crippen LogP contribution in [0, 0.1) is 10.1 Å². The van der Waals surface area contributed by atoms with E-state index in [-0.39, 0.29) is 11.6 Å². The second-order valence-electron chi connectivity index (χ2n) is 7.66. The van der Waals surface area contributed by atoms with Gasteiger partial charge in [-0.3, -0.25) is 14.9 Å². The molecule has 0 bridgehead atoms. The average molecular weight is 387 g/mol. The second-order valence-corrected chi connectivity index (χ2v) is 7.66. The Balaban J connectivity index is 1.33. The van der Waals surface area contributed by atoms with Gasteiger partial charge in [-0.05, 0) is 52.9 Å². The van der Waals surface area contributed by atoms with Gasteiger partial charge in [0, 0.05) is 49.6 Å². The van der Waals surface area contributed by atoms with Crippen LogP contribution in [0.3, 0.4) is 0 Å². The quantitative estimate of drug-likeness (QED) is 0.506. The molecule has 6 nitrogen and oxygen atoms in total. The number of piperazine rings is 1. The SMILES string of the molecule is O=C(c1ccc2c3c(cccc13)CC2)N1CCN(c2ccc([N+](=O)[O-])cc2)CC1. The Hall–Kier alpha value is -3.41. The molecule has 5 rings (SSSR count). The molecule has 1 aliphatic heterocycles. The van der Waals surface area contributed by atoms with Gasteiger partial charge in [0.15, 0.2) is 0 Å². The number of nitro groups is 1. The van der Waals surface area contributed by atoms with Gasteiger partial charge in [0.05, 0.1) is 4.92 Å². The second kappa shape index (κ2) is 6.88. The molecule has 2 aliphatic rings. The molecule has 1 saturated heterocycles. The topological polar surface area (TPSA) is 66.7 Å². The molecule has 1 heterocycles. The lowest BCUT2D eigenvalue weighted by molar-refractivity contribution is -0.384. The van der Waals surface area contributed by atoms with Gasteiger partial charge in [0.2, 0.25) is 0 Å². The molecule has 1 fully saturated rings. The lowest BCUT2D eigenvalue weighted by Crippen LogP contribution is -2.48. The summed E-state index contributed by atoms with van der Waals surface area (Å²) in [6.07, 6.45) is 2.11. The smallest absolute Gasteiger partial charge is 0.269 e. The molecular weight excluding hydrogens is 366 g/mol. The summed E-state index contributed by atoms with van der Waals surface area (Å²) in [6, 6.07) is 17.0. The van der Waals surface area contributed by atoms with Gasteiger partial charge < -0.3 is 9.80 Å². The first kappa shape index (κ1) is 17.7. The van der Waals surface area contributed by atoms with E-state index in [1.165, 1.54) is 28.6 Å². The number of nitrogens with zero attached hydrogens (tertiary/aromatic N) is 3. The van der Waals surface area contributed by atoms with Crippen molar-refractivity contribution < 1.29 is 9.72 Å². The van der Waals surface area contributed by atoms with Gasteiger partial charge in [-0.15, -0.1) is 0 Å². The summed E-state index contributed by atoms with van der Waals surface area (Å²) in [6.45, 7) is 2.70. The first-order valence-electron chi connectivity index (χ1n) is 9.94. The van der Waals surface area contributed by atoms with E-state index in [1.807, 2.05) is 11.0 Å². The van der Waals surface area contributed by atoms with E-state index in [4.69, 9.17) is 0 Å². The fourth-order valence-electron chi connectivity index (χ4n) is 4.56. The van der Waals surface area contributed by atoms with Crippen molar-refractivity contribution in [2.24, 2.45) is 0 Å². The van der Waals surface area contributed by atoms with Crippen molar-refractivity contribution in [3.8, 4) is 0 Å². The van der Waals surface area contributed by atoms with Gasteiger partial charge >= 0.3 is 0 Å². The number of aryl methyl sites for hydroxylation is 2. The zero-order valence-electron chi connectivity index (χ0n) is 16.0. The maximum atomic E-state index is 13.3. The number of carbonyl (C=O) groups is 1. The van der Waals surface area contributed by atoms with Crippen molar-refractivity contribution in [3.63, 3.8) is 0 Å². The van der Waals surface area contributed by atoms with Crippen molar-refractivity contribution in [2.45, 2.75) is 12.8 Å². The van der Waals surface area contributed by atoms with Crippen LogP contribution in [0.25, 0.3) is 10.8 Å². The first-order chi connectivity index (χ1) is 14.1. The minimum absolute atomic E-state index is 0.0870. The first-order valence-corrected chi connectivity index (χ1v) is 9.94. The Morgan fingerprint density at radius 3 is 2.24 bits per heavy atom. The third-order valence-electron chi connectivity index (χ3n) is 6.10. The number of carbonyl (C=O) groups excluding carboxylic acids is 1. The molecule has 0 atom stereocenters. The van der Waals surface area contributed by atoms with E-state index in [2.05, 4.69) is 29.2 Å². The van der Waals surface area contributed by atoms with Crippen LogP contribution in [-0.2, 0) is 12.8 Å². The van der Waals surface area contributed by atoms with Gasteiger partial charge in [-0.25, -0.2) is 0 Å². The average Bonchev–Trinajstić information content (AvgIpc) is 3.19. The number of rotatable bonds is 3. The summed E-state index contributed by atoms with van der Waals surface area (Å²) in [5, 5.41) is 13.2. The molecule has 1 amide bonds. The minimum Gasteiger partial charge on any atom is -0.368 e. The van der Waals surface area contributed by atoms with E-state index in [9.17, 15) is 14.9 Å². The number of anilines is 1. The van der Waals surface area contributed by atoms with Gasteiger partial charge in [-0.1, -0.05) is 24.3 Å². The predicted octanol–water partition coefficient (Wildman–Crippen LogP) is 3.81. The van der Waals surface area contributed by atoms with Gasteiger partial charge in [0.1, 0.15) is 0 Å². The van der Waals surface area contributed by atoms with E-state index in [0.717, 1.165) is 29.5 Å². The van der Waals surface area contributed by atoms with Crippen LogP contribution < -0.4 is 4.90 Å². The number of hydrogen-bond acceptors (Lipinski definition) is 4. The summed E-state index contributed by atoms with van der Waals surface area (Å²) in [7, 11) is 0. The molecule has 3 aromatic carbocycles. The summed E-state index contributed by atoms with van der Waals surface area (Å²) in [5.74, 6) is 0.0870. The van der Waals surface area contributed by atoms with Gasteiger partial charge in [0.25, 0.3) is 11.6 Å². The largest absolute Gasteiger partial charge is 0.368 e. The minimum atomic E-state index is -0.390. The Labute approximate surface area is 168 Å². The molecule has 1 aliphatic carbocycles. The highest BCUT2D eigenvalue weighted by Gasteiger charge is 2.25. The molecule has 146 valence electrons. The lowest BCUT2D eigenvalue weighted by atomic mass is 9.99. The maximum Gasteiger partial charge on any atom is 0.269 e. The Kier molecular flexibility index (Phi) is 4.19. The van der Waals surface area contributed by atoms with Crippen molar-refractivity contribution in [1.29, 1.82) is 0 Å². The monoisotopic (exact) mass is 387 g/mol. The normalized spacial score (nSPS) is 15.7. The Morgan fingerprint density at radius 2 is 1.55 bits per heavy atom. The number of non-ortho nitro benzene ring substituents is 1. The lowest BCUT2D eigenvalue weighted by Gasteiger charge is -2.36. The summed E-state index contributed by atoms with van der Waals surface area (Å²) < 4.78 is 0. The Bertz CT molecular complexity index is 1110. The molecule has 0 saturated carbocycles. The molecule has 0 aromatic heterocycles. The van der Waals surface area contributed by atoms with Crippen molar-refractivity contribution in [1.82, 2.24) is 4.90 Å². The van der Waals surface area contributed by atoms with Crippen molar-refractivity contribution in [2.75, 3.05) is 31.1 Å². The number of amides is 1. The standard InChI is InChI=1S/C23H21N3O3/c27-23(21-11-6-17-5-4-16-2-1-3-20(21)22(16)17)25-14-12-24(13-15-25)18-7-9-19(10-8-18)26(28)29/h1-3,6-11H,4-5,12-15H2. The van der Waals surface area contributed by atoms with Crippen LogP contribution >= 0.6 is 0 Å². The van der Waals surface area contributed by atoms with Crippen molar-refractivity contribution >= 4 is 28.1 Å². The fraction of sp³-hybridized carbons (Fsp3) is 0.261. The number of benzene rings is 3. The van der Waals surface area contributed by atoms with Crippen LogP contribution in [0.15, 0.2) is 54.6 Å². The summed E-state index contributed by atoms with van der Waals surface area (Å²) in [4.78, 5) is 27.8. The molecule has 3 aromatic rings. The maximum absolute atomic E-state index is 13.3. The third-order valence-corrected chi connectivity index (χ3v) is 6.10. The van der Waals surface area contributed by atoms with E-state index in [1.54, 1.807) is 12.1 Å². The molecule has 6 heteroatoms. The van der Waals surface area contributed by atoms with E-state index in [0.29, 0.717) is 26.2 Å². The molecule has 29 heavy (non-hydrogen) atoms. The highest BCUT2D eigenvalue weighted by atomic mass is 16.6. The van der Waals surface area contributed by atoms with Crippen LogP contribution in [0.4, 0.5) is 11.4 Å². The van der Waals surface area contributed by atoms with Crippen LogP contribution in [-0.4, -0.2) is 41.9 Å². The number of nitro benzene ring substituents is 1. The van der Waals surface area contributed by atoms with Crippen molar-refractivity contribution in [3.05, 3.63) is 81.4 Å². The molecule has 0 radical (unpaired) electrons. The molecule has 0 spiro atoms. The predicted molar refractivity (Wildman–Crippen MR) is 113 cm³/mol. The fourth-order valence-corrected chi connectivity index (χ4v) is 4.56. The highest BCUT2D eigenvalue weighted by molar-refractivity contribution is 6.09. The van der Waals surface area contributed by atoms with Crippen LogP contribution in [0.2, 0.25) is 0 Å². The van der Waals surface area contributed by atoms with Gasteiger partial charge in [-0.2, -0.15) is 0 Å². The molecular formula is C23H21N3O3. The number of hydrogen-bond donors (Lipinski definition) is 0. The molecule has 0 N–H and O–H groups in total. The highest BCUT2D eigenvalue weighted by Crippen LogP contribution is 2.33.